The van der Waals surface area contributed by atoms with Crippen LogP contribution in [0, 0.1) is 11.8 Å². The highest BCUT2D eigenvalue weighted by Gasteiger charge is 2.28. The summed E-state index contributed by atoms with van der Waals surface area (Å²) in [7, 11) is 0. The first-order valence-corrected chi connectivity index (χ1v) is 4.41. The Bertz CT molecular complexity index is 179. The zero-order chi connectivity index (χ0) is 8.59. The molecule has 0 aromatic rings. The number of hydrogen-bond donors (Lipinski definition) is 1. The third-order valence-electron chi connectivity index (χ3n) is 2.89. The van der Waals surface area contributed by atoms with E-state index in [1.807, 2.05) is 0 Å². The van der Waals surface area contributed by atoms with E-state index in [0.29, 0.717) is 11.8 Å². The Kier molecular flexibility index (Phi) is 2.38. The molecule has 0 bridgehead atoms. The van der Waals surface area contributed by atoms with Crippen molar-refractivity contribution in [1.82, 2.24) is 0 Å². The fourth-order valence-electron chi connectivity index (χ4n) is 1.84. The summed E-state index contributed by atoms with van der Waals surface area (Å²) in [4.78, 5) is 0. The molecular formula is C10H18O. The van der Waals surface area contributed by atoms with Gasteiger partial charge in [0.15, 0.2) is 0 Å². The maximum atomic E-state index is 9.55. The first-order valence-electron chi connectivity index (χ1n) is 4.41. The van der Waals surface area contributed by atoms with Crippen LogP contribution in [0.15, 0.2) is 11.1 Å². The Labute approximate surface area is 69.1 Å². The lowest BCUT2D eigenvalue weighted by molar-refractivity contribution is 0.145. The molecule has 1 aliphatic carbocycles. The van der Waals surface area contributed by atoms with Crippen LogP contribution in [0.1, 0.15) is 34.1 Å². The van der Waals surface area contributed by atoms with Gasteiger partial charge in [0.1, 0.15) is 0 Å². The van der Waals surface area contributed by atoms with Crippen molar-refractivity contribution in [2.75, 3.05) is 0 Å². The summed E-state index contributed by atoms with van der Waals surface area (Å²) in [5, 5.41) is 9.55. The SMILES string of the molecule is CC1=C(C(C)C)CC(O)C1C. The van der Waals surface area contributed by atoms with Gasteiger partial charge >= 0.3 is 0 Å². The van der Waals surface area contributed by atoms with Crippen LogP contribution in [0.3, 0.4) is 0 Å². The molecule has 0 aromatic carbocycles. The molecule has 1 rings (SSSR count). The summed E-state index contributed by atoms with van der Waals surface area (Å²) < 4.78 is 0. The van der Waals surface area contributed by atoms with Crippen molar-refractivity contribution < 1.29 is 5.11 Å². The first kappa shape index (κ1) is 8.79. The van der Waals surface area contributed by atoms with Gasteiger partial charge < -0.3 is 5.11 Å². The monoisotopic (exact) mass is 154 g/mol. The summed E-state index contributed by atoms with van der Waals surface area (Å²) in [5.74, 6) is 0.988. The molecule has 64 valence electrons. The van der Waals surface area contributed by atoms with Crippen molar-refractivity contribution in [1.29, 1.82) is 0 Å². The average Bonchev–Trinajstić information content (AvgIpc) is 2.17. The van der Waals surface area contributed by atoms with Gasteiger partial charge in [0.25, 0.3) is 0 Å². The lowest BCUT2D eigenvalue weighted by Gasteiger charge is -2.08. The average molecular weight is 154 g/mol. The van der Waals surface area contributed by atoms with Gasteiger partial charge in [0.05, 0.1) is 6.10 Å². The van der Waals surface area contributed by atoms with Crippen molar-refractivity contribution in [3.8, 4) is 0 Å². The summed E-state index contributed by atoms with van der Waals surface area (Å²) in [6.07, 6.45) is 0.775. The van der Waals surface area contributed by atoms with E-state index in [2.05, 4.69) is 27.7 Å². The van der Waals surface area contributed by atoms with Gasteiger partial charge in [0, 0.05) is 5.92 Å². The third-order valence-corrected chi connectivity index (χ3v) is 2.89. The molecule has 0 fully saturated rings. The number of aliphatic hydroxyl groups excluding tert-OH is 1. The molecular weight excluding hydrogens is 136 g/mol. The number of rotatable bonds is 1. The van der Waals surface area contributed by atoms with E-state index in [1.54, 1.807) is 0 Å². The quantitative estimate of drug-likeness (QED) is 0.575. The highest BCUT2D eigenvalue weighted by molar-refractivity contribution is 5.24. The smallest absolute Gasteiger partial charge is 0.0640 e. The minimum Gasteiger partial charge on any atom is -0.392 e. The van der Waals surface area contributed by atoms with Crippen molar-refractivity contribution in [3.05, 3.63) is 11.1 Å². The van der Waals surface area contributed by atoms with E-state index in [0.717, 1.165) is 6.42 Å². The molecule has 1 nitrogen and oxygen atoms in total. The Morgan fingerprint density at radius 2 is 2.00 bits per heavy atom. The summed E-state index contributed by atoms with van der Waals surface area (Å²) in [6.45, 7) is 8.65. The maximum Gasteiger partial charge on any atom is 0.0640 e. The molecule has 11 heavy (non-hydrogen) atoms. The molecule has 1 heteroatoms. The highest BCUT2D eigenvalue weighted by Crippen LogP contribution is 2.35. The van der Waals surface area contributed by atoms with Crippen LogP contribution in [0.5, 0.6) is 0 Å². The Morgan fingerprint density at radius 3 is 2.18 bits per heavy atom. The van der Waals surface area contributed by atoms with Crippen molar-refractivity contribution in [2.24, 2.45) is 11.8 Å². The molecule has 1 aliphatic rings. The second kappa shape index (κ2) is 2.98. The zero-order valence-electron chi connectivity index (χ0n) is 7.89. The van der Waals surface area contributed by atoms with Gasteiger partial charge in [-0.25, -0.2) is 0 Å². The van der Waals surface area contributed by atoms with Gasteiger partial charge in [-0.2, -0.15) is 0 Å². The van der Waals surface area contributed by atoms with Gasteiger partial charge in [-0.1, -0.05) is 31.9 Å². The lowest BCUT2D eigenvalue weighted by Crippen LogP contribution is -2.11. The molecule has 2 unspecified atom stereocenters. The Morgan fingerprint density at radius 1 is 1.45 bits per heavy atom. The van der Waals surface area contributed by atoms with E-state index in [4.69, 9.17) is 0 Å². The van der Waals surface area contributed by atoms with Gasteiger partial charge in [-0.3, -0.25) is 0 Å². The predicted molar refractivity (Wildman–Crippen MR) is 47.3 cm³/mol. The summed E-state index contributed by atoms with van der Waals surface area (Å²) in [5.41, 5.74) is 2.87. The second-order valence-electron chi connectivity index (χ2n) is 3.92. The van der Waals surface area contributed by atoms with E-state index in [9.17, 15) is 5.11 Å². The third kappa shape index (κ3) is 1.48. The summed E-state index contributed by atoms with van der Waals surface area (Å²) in [6, 6.07) is 0. The second-order valence-corrected chi connectivity index (χ2v) is 3.92. The molecule has 0 amide bonds. The Balaban J connectivity index is 2.80. The molecule has 0 aliphatic heterocycles. The molecule has 0 heterocycles. The Hall–Kier alpha value is -0.300. The van der Waals surface area contributed by atoms with Crippen LogP contribution in [0.2, 0.25) is 0 Å². The number of hydrogen-bond acceptors (Lipinski definition) is 1. The standard InChI is InChI=1S/C10H18O/c1-6(2)9-5-10(11)8(4)7(9)3/h6,8,10-11H,5H2,1-4H3. The molecule has 0 saturated heterocycles. The van der Waals surface area contributed by atoms with Gasteiger partial charge in [0.2, 0.25) is 0 Å². The topological polar surface area (TPSA) is 20.2 Å². The van der Waals surface area contributed by atoms with Crippen molar-refractivity contribution >= 4 is 0 Å². The first-order chi connectivity index (χ1) is 5.04. The van der Waals surface area contributed by atoms with Crippen LogP contribution < -0.4 is 0 Å². The number of aliphatic hydroxyl groups is 1. The van der Waals surface area contributed by atoms with E-state index in [-0.39, 0.29) is 6.10 Å². The van der Waals surface area contributed by atoms with Crippen LogP contribution in [0.4, 0.5) is 0 Å². The van der Waals surface area contributed by atoms with E-state index >= 15 is 0 Å². The molecule has 0 saturated carbocycles. The summed E-state index contributed by atoms with van der Waals surface area (Å²) >= 11 is 0. The van der Waals surface area contributed by atoms with E-state index < -0.39 is 0 Å². The largest absolute Gasteiger partial charge is 0.392 e. The minimum absolute atomic E-state index is 0.118. The van der Waals surface area contributed by atoms with Gasteiger partial charge in [-0.15, -0.1) is 0 Å². The molecule has 0 spiro atoms. The van der Waals surface area contributed by atoms with Crippen LogP contribution in [-0.4, -0.2) is 11.2 Å². The minimum atomic E-state index is -0.118. The normalized spacial score (nSPS) is 32.2. The molecule has 0 radical (unpaired) electrons. The zero-order valence-corrected chi connectivity index (χ0v) is 7.89. The predicted octanol–water partition coefficient (Wildman–Crippen LogP) is 2.36. The maximum absolute atomic E-state index is 9.55. The molecule has 0 aromatic heterocycles. The van der Waals surface area contributed by atoms with Crippen LogP contribution >= 0.6 is 0 Å². The fraction of sp³-hybridized carbons (Fsp3) is 0.800. The van der Waals surface area contributed by atoms with Crippen LogP contribution in [-0.2, 0) is 0 Å². The van der Waals surface area contributed by atoms with Gasteiger partial charge in [-0.05, 0) is 19.3 Å². The molecule has 1 N–H and O–H groups in total. The van der Waals surface area contributed by atoms with Crippen molar-refractivity contribution in [3.63, 3.8) is 0 Å². The fourth-order valence-corrected chi connectivity index (χ4v) is 1.84. The highest BCUT2D eigenvalue weighted by atomic mass is 16.3. The van der Waals surface area contributed by atoms with E-state index in [1.165, 1.54) is 11.1 Å². The molecule has 2 atom stereocenters. The van der Waals surface area contributed by atoms with Crippen LogP contribution in [0.25, 0.3) is 0 Å². The van der Waals surface area contributed by atoms with Crippen molar-refractivity contribution in [2.45, 2.75) is 40.2 Å². The lowest BCUT2D eigenvalue weighted by atomic mass is 9.99.